The molecule has 1 N–H and O–H groups in total. The maximum Gasteiger partial charge on any atom is 0.229 e. The Labute approximate surface area is 176 Å². The number of aryl methyl sites for hydroxylation is 1. The van der Waals surface area contributed by atoms with E-state index in [1.165, 1.54) is 12.1 Å². The minimum absolute atomic E-state index is 0.00357. The summed E-state index contributed by atoms with van der Waals surface area (Å²) in [5, 5.41) is 0. The molecule has 0 saturated carbocycles. The Morgan fingerprint density at radius 1 is 1.06 bits per heavy atom. The first-order valence-electron chi connectivity index (χ1n) is 10.3. The average Bonchev–Trinajstić information content (AvgIpc) is 3.33. The van der Waals surface area contributed by atoms with Gasteiger partial charge in [-0.15, -0.1) is 0 Å². The fourth-order valence-electron chi connectivity index (χ4n) is 4.19. The van der Waals surface area contributed by atoms with Gasteiger partial charge in [0, 0.05) is 6.54 Å². The van der Waals surface area contributed by atoms with Crippen LogP contribution in [0.25, 0.3) is 22.5 Å². The SMILES string of the molecule is Cc1oc(-c2cc(F)ccc2F)nc1CN1CCCC[C@@H]1c1nc2ccc(F)cc2[nH]1. The molecule has 2 aromatic carbocycles. The molecule has 1 aliphatic heterocycles. The normalized spacial score (nSPS) is 17.5. The second-order valence-corrected chi connectivity index (χ2v) is 7.91. The number of H-pyrrole nitrogens is 1. The van der Waals surface area contributed by atoms with Gasteiger partial charge in [-0.1, -0.05) is 6.42 Å². The Morgan fingerprint density at radius 2 is 1.87 bits per heavy atom. The molecule has 2 aromatic heterocycles. The number of oxazole rings is 1. The number of halogens is 3. The standard InChI is InChI=1S/C23H21F3N4O/c1-13-20(29-23(31-13)16-10-14(24)5-7-17(16)26)12-30-9-3-2-4-21(30)22-27-18-8-6-15(25)11-19(18)28-22/h5-8,10-11,21H,2-4,9,12H2,1H3,(H,27,28)/t21-/m1/s1. The summed E-state index contributed by atoms with van der Waals surface area (Å²) < 4.78 is 47.0. The zero-order chi connectivity index (χ0) is 21.5. The van der Waals surface area contributed by atoms with Crippen LogP contribution in [-0.2, 0) is 6.54 Å². The van der Waals surface area contributed by atoms with Crippen LogP contribution in [0.2, 0.25) is 0 Å². The van der Waals surface area contributed by atoms with Gasteiger partial charge < -0.3 is 9.40 Å². The monoisotopic (exact) mass is 426 g/mol. The van der Waals surface area contributed by atoms with Crippen molar-refractivity contribution in [2.45, 2.75) is 38.8 Å². The summed E-state index contributed by atoms with van der Waals surface area (Å²) in [4.78, 5) is 14.6. The number of imidazole rings is 1. The highest BCUT2D eigenvalue weighted by molar-refractivity contribution is 5.75. The molecule has 0 spiro atoms. The molecule has 1 fully saturated rings. The molecular weight excluding hydrogens is 405 g/mol. The Hall–Kier alpha value is -3.13. The average molecular weight is 426 g/mol. The Balaban J connectivity index is 1.44. The molecule has 31 heavy (non-hydrogen) atoms. The minimum Gasteiger partial charge on any atom is -0.441 e. The van der Waals surface area contributed by atoms with E-state index in [1.807, 2.05) is 0 Å². The third-order valence-corrected chi connectivity index (χ3v) is 5.80. The number of fused-ring (bicyclic) bond motifs is 1. The van der Waals surface area contributed by atoms with E-state index < -0.39 is 11.6 Å². The van der Waals surface area contributed by atoms with Gasteiger partial charge in [-0.2, -0.15) is 0 Å². The van der Waals surface area contributed by atoms with Crippen molar-refractivity contribution in [3.8, 4) is 11.5 Å². The van der Waals surface area contributed by atoms with E-state index in [9.17, 15) is 13.2 Å². The Bertz CT molecular complexity index is 1250. The zero-order valence-corrected chi connectivity index (χ0v) is 17.0. The predicted octanol–water partition coefficient (Wildman–Crippen LogP) is 5.67. The van der Waals surface area contributed by atoms with Crippen molar-refractivity contribution < 1.29 is 17.6 Å². The van der Waals surface area contributed by atoms with Crippen LogP contribution in [0.15, 0.2) is 40.8 Å². The van der Waals surface area contributed by atoms with Crippen molar-refractivity contribution in [2.75, 3.05) is 6.54 Å². The van der Waals surface area contributed by atoms with Crippen molar-refractivity contribution in [2.24, 2.45) is 0 Å². The molecule has 4 aromatic rings. The fraction of sp³-hybridized carbons (Fsp3) is 0.304. The van der Waals surface area contributed by atoms with E-state index in [0.29, 0.717) is 23.5 Å². The van der Waals surface area contributed by atoms with Crippen LogP contribution < -0.4 is 0 Å². The lowest BCUT2D eigenvalue weighted by atomic mass is 10.0. The van der Waals surface area contributed by atoms with Crippen LogP contribution in [0.1, 0.15) is 42.6 Å². The molecule has 5 rings (SSSR count). The maximum absolute atomic E-state index is 14.2. The predicted molar refractivity (Wildman–Crippen MR) is 110 cm³/mol. The largest absolute Gasteiger partial charge is 0.441 e. The lowest BCUT2D eigenvalue weighted by Crippen LogP contribution is -2.33. The molecule has 0 bridgehead atoms. The molecular formula is C23H21F3N4O. The molecule has 0 aliphatic carbocycles. The third-order valence-electron chi connectivity index (χ3n) is 5.80. The van der Waals surface area contributed by atoms with E-state index >= 15 is 0 Å². The van der Waals surface area contributed by atoms with E-state index in [1.54, 1.807) is 13.0 Å². The van der Waals surface area contributed by atoms with Crippen LogP contribution in [0.3, 0.4) is 0 Å². The number of nitrogens with zero attached hydrogens (tertiary/aromatic N) is 3. The molecule has 0 unspecified atom stereocenters. The zero-order valence-electron chi connectivity index (χ0n) is 17.0. The number of benzene rings is 2. The summed E-state index contributed by atoms with van der Waals surface area (Å²) in [6, 6.07) is 7.75. The summed E-state index contributed by atoms with van der Waals surface area (Å²) in [5.74, 6) is -0.0194. The molecule has 5 nitrogen and oxygen atoms in total. The number of hydrogen-bond donors (Lipinski definition) is 1. The highest BCUT2D eigenvalue weighted by atomic mass is 19.1. The number of hydrogen-bond acceptors (Lipinski definition) is 4. The van der Waals surface area contributed by atoms with Crippen LogP contribution in [0.5, 0.6) is 0 Å². The van der Waals surface area contributed by atoms with Gasteiger partial charge in [0.15, 0.2) is 0 Å². The van der Waals surface area contributed by atoms with Gasteiger partial charge in [0.2, 0.25) is 5.89 Å². The highest BCUT2D eigenvalue weighted by Gasteiger charge is 2.28. The van der Waals surface area contributed by atoms with Crippen molar-refractivity contribution in [1.82, 2.24) is 19.9 Å². The first kappa shape index (κ1) is 19.8. The summed E-state index contributed by atoms with van der Waals surface area (Å²) in [7, 11) is 0. The second-order valence-electron chi connectivity index (χ2n) is 7.91. The van der Waals surface area contributed by atoms with Gasteiger partial charge in [-0.25, -0.2) is 23.1 Å². The number of piperidine rings is 1. The lowest BCUT2D eigenvalue weighted by molar-refractivity contribution is 0.132. The van der Waals surface area contributed by atoms with Crippen molar-refractivity contribution in [3.05, 3.63) is 71.1 Å². The number of aromatic nitrogens is 3. The number of nitrogens with one attached hydrogen (secondary N) is 1. The topological polar surface area (TPSA) is 58.0 Å². The molecule has 160 valence electrons. The molecule has 3 heterocycles. The van der Waals surface area contributed by atoms with Gasteiger partial charge in [-0.3, -0.25) is 4.90 Å². The first-order valence-corrected chi connectivity index (χ1v) is 10.3. The van der Waals surface area contributed by atoms with E-state index in [-0.39, 0.29) is 23.3 Å². The van der Waals surface area contributed by atoms with Crippen molar-refractivity contribution in [3.63, 3.8) is 0 Å². The van der Waals surface area contributed by atoms with Crippen LogP contribution in [0, 0.1) is 24.4 Å². The number of likely N-dealkylation sites (tertiary alicyclic amines) is 1. The first-order chi connectivity index (χ1) is 15.0. The molecule has 1 aliphatic rings. The van der Waals surface area contributed by atoms with Gasteiger partial charge in [0.25, 0.3) is 0 Å². The molecule has 8 heteroatoms. The lowest BCUT2D eigenvalue weighted by Gasteiger charge is -2.34. The van der Waals surface area contributed by atoms with Crippen LogP contribution >= 0.6 is 0 Å². The summed E-state index contributed by atoms with van der Waals surface area (Å²) in [6.07, 6.45) is 3.00. The van der Waals surface area contributed by atoms with Gasteiger partial charge in [0.05, 0.1) is 28.3 Å². The molecule has 1 atom stereocenters. The second kappa shape index (κ2) is 7.85. The molecule has 0 amide bonds. The van der Waals surface area contributed by atoms with E-state index in [2.05, 4.69) is 19.9 Å². The quantitative estimate of drug-likeness (QED) is 0.457. The third kappa shape index (κ3) is 3.83. The fourth-order valence-corrected chi connectivity index (χ4v) is 4.19. The summed E-state index contributed by atoms with van der Waals surface area (Å²) in [6.45, 7) is 3.10. The van der Waals surface area contributed by atoms with E-state index in [0.717, 1.165) is 55.3 Å². The number of rotatable bonds is 4. The van der Waals surface area contributed by atoms with Gasteiger partial charge in [0.1, 0.15) is 29.0 Å². The van der Waals surface area contributed by atoms with Crippen molar-refractivity contribution in [1.29, 1.82) is 0 Å². The maximum atomic E-state index is 14.2. The number of aromatic amines is 1. The minimum atomic E-state index is -0.584. The van der Waals surface area contributed by atoms with Crippen LogP contribution in [0.4, 0.5) is 13.2 Å². The van der Waals surface area contributed by atoms with Crippen LogP contribution in [-0.4, -0.2) is 26.4 Å². The Morgan fingerprint density at radius 3 is 2.74 bits per heavy atom. The van der Waals surface area contributed by atoms with Gasteiger partial charge >= 0.3 is 0 Å². The van der Waals surface area contributed by atoms with E-state index in [4.69, 9.17) is 4.42 Å². The highest BCUT2D eigenvalue weighted by Crippen LogP contribution is 2.33. The molecule has 0 radical (unpaired) electrons. The smallest absolute Gasteiger partial charge is 0.229 e. The summed E-state index contributed by atoms with van der Waals surface area (Å²) in [5.41, 5.74) is 2.07. The molecule has 1 saturated heterocycles. The van der Waals surface area contributed by atoms with Gasteiger partial charge in [-0.05, 0) is 62.7 Å². The van der Waals surface area contributed by atoms with Crippen molar-refractivity contribution >= 4 is 11.0 Å². The summed E-state index contributed by atoms with van der Waals surface area (Å²) >= 11 is 0. The Kier molecular flexibility index (Phi) is 5.02.